The molecular weight excluding hydrogens is 316 g/mol. The molecule has 1 atom stereocenters. The van der Waals surface area contributed by atoms with Gasteiger partial charge in [-0.1, -0.05) is 11.6 Å². The minimum absolute atomic E-state index is 0.0567. The summed E-state index contributed by atoms with van der Waals surface area (Å²) in [5, 5.41) is 9.97. The fourth-order valence-electron chi connectivity index (χ4n) is 4.00. The zero-order valence-electron chi connectivity index (χ0n) is 15.2. The van der Waals surface area contributed by atoms with Crippen molar-refractivity contribution in [2.75, 3.05) is 19.7 Å². The van der Waals surface area contributed by atoms with Crippen LogP contribution in [0.15, 0.2) is 22.5 Å². The number of aromatic nitrogens is 1. The Labute approximate surface area is 148 Å². The summed E-state index contributed by atoms with van der Waals surface area (Å²) in [6, 6.07) is 1.79. The van der Waals surface area contributed by atoms with Gasteiger partial charge in [0.1, 0.15) is 5.56 Å². The molecule has 2 heterocycles. The van der Waals surface area contributed by atoms with E-state index >= 15 is 0 Å². The van der Waals surface area contributed by atoms with Gasteiger partial charge in [0.15, 0.2) is 0 Å². The van der Waals surface area contributed by atoms with Crippen LogP contribution in [0.4, 0.5) is 0 Å². The number of H-pyrrole nitrogens is 1. The van der Waals surface area contributed by atoms with Crippen molar-refractivity contribution in [3.05, 3.63) is 44.9 Å². The fraction of sp³-hybridized carbons (Fsp3) is 0.600. The number of amides is 1. The molecule has 1 aliphatic heterocycles. The van der Waals surface area contributed by atoms with E-state index in [0.29, 0.717) is 13.1 Å². The number of rotatable bonds is 4. The Morgan fingerprint density at radius 3 is 2.88 bits per heavy atom. The lowest BCUT2D eigenvalue weighted by molar-refractivity contribution is 0.0283. The average Bonchev–Trinajstić information content (AvgIpc) is 3.06. The van der Waals surface area contributed by atoms with Gasteiger partial charge in [-0.15, -0.1) is 0 Å². The second kappa shape index (κ2) is 7.16. The highest BCUT2D eigenvalue weighted by Crippen LogP contribution is 2.34. The number of aliphatic hydroxyl groups excluding tert-OH is 1. The number of pyridine rings is 1. The third-order valence-electron chi connectivity index (χ3n) is 5.55. The van der Waals surface area contributed by atoms with Crippen molar-refractivity contribution in [3.63, 3.8) is 0 Å². The first kappa shape index (κ1) is 17.9. The van der Waals surface area contributed by atoms with Crippen molar-refractivity contribution in [3.8, 4) is 0 Å². The maximum atomic E-state index is 13.0. The number of hydrogen-bond acceptors (Lipinski definition) is 3. The molecule has 2 aliphatic rings. The number of piperidine rings is 1. The first-order chi connectivity index (χ1) is 11.9. The van der Waals surface area contributed by atoms with E-state index in [0.717, 1.165) is 49.8 Å². The average molecular weight is 344 g/mol. The zero-order chi connectivity index (χ0) is 18.0. The highest BCUT2D eigenvalue weighted by atomic mass is 16.3. The number of nitrogens with zero attached hydrogens (tertiary/aromatic N) is 1. The second-order valence-electron chi connectivity index (χ2n) is 7.84. The molecule has 1 aromatic rings. The third-order valence-corrected chi connectivity index (χ3v) is 5.55. The Kier molecular flexibility index (Phi) is 5.13. The Bertz CT molecular complexity index is 746. The summed E-state index contributed by atoms with van der Waals surface area (Å²) in [5.41, 5.74) is 2.96. The molecule has 3 rings (SSSR count). The van der Waals surface area contributed by atoms with Crippen LogP contribution in [-0.4, -0.2) is 40.6 Å². The SMILES string of the molecule is CC(C)=CC[C@@]1(CO)CCCN(C(=O)c2cc3c([nH]c2=O)CCC3)C1. The number of likely N-dealkylation sites (tertiary alicyclic amines) is 1. The number of allylic oxidation sites excluding steroid dienone is 2. The molecule has 0 saturated carbocycles. The van der Waals surface area contributed by atoms with Crippen LogP contribution in [0.1, 0.15) is 61.1 Å². The van der Waals surface area contributed by atoms with Crippen molar-refractivity contribution in [2.24, 2.45) is 5.41 Å². The van der Waals surface area contributed by atoms with Crippen LogP contribution in [0.5, 0.6) is 0 Å². The van der Waals surface area contributed by atoms with E-state index < -0.39 is 0 Å². The summed E-state index contributed by atoms with van der Waals surface area (Å²) in [7, 11) is 0. The molecule has 0 spiro atoms. The maximum Gasteiger partial charge on any atom is 0.261 e. The summed E-state index contributed by atoms with van der Waals surface area (Å²) in [6.07, 6.45) is 7.49. The van der Waals surface area contributed by atoms with Crippen molar-refractivity contribution in [2.45, 2.75) is 52.4 Å². The van der Waals surface area contributed by atoms with Crippen LogP contribution in [0, 0.1) is 5.41 Å². The molecule has 1 aromatic heterocycles. The van der Waals surface area contributed by atoms with E-state index in [1.54, 1.807) is 11.0 Å². The number of hydrogen-bond donors (Lipinski definition) is 2. The summed E-state index contributed by atoms with van der Waals surface area (Å²) in [6.45, 7) is 5.29. The van der Waals surface area contributed by atoms with Crippen LogP contribution in [0.2, 0.25) is 0 Å². The van der Waals surface area contributed by atoms with Crippen LogP contribution in [-0.2, 0) is 12.8 Å². The predicted octanol–water partition coefficient (Wildman–Crippen LogP) is 2.43. The largest absolute Gasteiger partial charge is 0.396 e. The molecule has 1 aliphatic carbocycles. The number of aromatic amines is 1. The number of carbonyl (C=O) groups is 1. The minimum atomic E-state index is -0.297. The molecular formula is C20H28N2O3. The quantitative estimate of drug-likeness (QED) is 0.824. The molecule has 1 saturated heterocycles. The summed E-state index contributed by atoms with van der Waals surface area (Å²) in [5.74, 6) is -0.203. The van der Waals surface area contributed by atoms with Gasteiger partial charge in [0.05, 0.1) is 6.61 Å². The molecule has 1 fully saturated rings. The van der Waals surface area contributed by atoms with Crippen molar-refractivity contribution < 1.29 is 9.90 Å². The standard InChI is InChI=1S/C20H28N2O3/c1-14(2)7-9-20(13-23)8-4-10-22(12-20)19(25)16-11-15-5-3-6-17(15)21-18(16)24/h7,11,23H,3-6,8-10,12-13H2,1-2H3,(H,21,24)/t20-/m0/s1. The summed E-state index contributed by atoms with van der Waals surface area (Å²) >= 11 is 0. The number of aryl methyl sites for hydroxylation is 2. The van der Waals surface area contributed by atoms with Gasteiger partial charge in [-0.2, -0.15) is 0 Å². The van der Waals surface area contributed by atoms with Gasteiger partial charge in [0.25, 0.3) is 11.5 Å². The third kappa shape index (κ3) is 3.71. The highest BCUT2D eigenvalue weighted by Gasteiger charge is 2.36. The van der Waals surface area contributed by atoms with E-state index in [2.05, 4.69) is 11.1 Å². The normalized spacial score (nSPS) is 22.6. The second-order valence-corrected chi connectivity index (χ2v) is 7.84. The van der Waals surface area contributed by atoms with Crippen LogP contribution < -0.4 is 5.56 Å². The molecule has 0 radical (unpaired) electrons. The highest BCUT2D eigenvalue weighted by molar-refractivity contribution is 5.94. The predicted molar refractivity (Wildman–Crippen MR) is 97.8 cm³/mol. The first-order valence-electron chi connectivity index (χ1n) is 9.23. The monoisotopic (exact) mass is 344 g/mol. The molecule has 1 amide bonds. The maximum absolute atomic E-state index is 13.0. The molecule has 0 unspecified atom stereocenters. The van der Waals surface area contributed by atoms with Gasteiger partial charge in [0, 0.05) is 24.2 Å². The Morgan fingerprint density at radius 1 is 1.36 bits per heavy atom. The van der Waals surface area contributed by atoms with E-state index in [1.165, 1.54) is 5.57 Å². The minimum Gasteiger partial charge on any atom is -0.396 e. The Morgan fingerprint density at radius 2 is 2.16 bits per heavy atom. The lowest BCUT2D eigenvalue weighted by Crippen LogP contribution is -2.48. The Balaban J connectivity index is 1.83. The van der Waals surface area contributed by atoms with E-state index in [9.17, 15) is 14.7 Å². The molecule has 0 bridgehead atoms. The van der Waals surface area contributed by atoms with Gasteiger partial charge in [-0.05, 0) is 64.0 Å². The fourth-order valence-corrected chi connectivity index (χ4v) is 4.00. The van der Waals surface area contributed by atoms with Gasteiger partial charge >= 0.3 is 0 Å². The number of aliphatic hydroxyl groups is 1. The van der Waals surface area contributed by atoms with Crippen molar-refractivity contribution >= 4 is 5.91 Å². The topological polar surface area (TPSA) is 73.4 Å². The van der Waals surface area contributed by atoms with E-state index in [4.69, 9.17) is 0 Å². The van der Waals surface area contributed by atoms with Crippen LogP contribution in [0.3, 0.4) is 0 Å². The van der Waals surface area contributed by atoms with Crippen molar-refractivity contribution in [1.82, 2.24) is 9.88 Å². The van der Waals surface area contributed by atoms with E-state index in [1.807, 2.05) is 13.8 Å². The number of fused-ring (bicyclic) bond motifs is 1. The lowest BCUT2D eigenvalue weighted by Gasteiger charge is -2.41. The van der Waals surface area contributed by atoms with Gasteiger partial charge in [-0.3, -0.25) is 9.59 Å². The van der Waals surface area contributed by atoms with Crippen LogP contribution >= 0.6 is 0 Å². The zero-order valence-corrected chi connectivity index (χ0v) is 15.2. The molecule has 2 N–H and O–H groups in total. The van der Waals surface area contributed by atoms with Crippen LogP contribution in [0.25, 0.3) is 0 Å². The molecule has 5 nitrogen and oxygen atoms in total. The van der Waals surface area contributed by atoms with Crippen molar-refractivity contribution in [1.29, 1.82) is 0 Å². The molecule has 136 valence electrons. The van der Waals surface area contributed by atoms with Gasteiger partial charge in [-0.25, -0.2) is 0 Å². The molecule has 25 heavy (non-hydrogen) atoms. The molecule has 0 aromatic carbocycles. The van der Waals surface area contributed by atoms with Gasteiger partial charge < -0.3 is 15.0 Å². The lowest BCUT2D eigenvalue weighted by atomic mass is 9.77. The first-order valence-corrected chi connectivity index (χ1v) is 9.23. The number of nitrogens with one attached hydrogen (secondary N) is 1. The van der Waals surface area contributed by atoms with E-state index in [-0.39, 0.29) is 29.1 Å². The van der Waals surface area contributed by atoms with Gasteiger partial charge in [0.2, 0.25) is 0 Å². The summed E-state index contributed by atoms with van der Waals surface area (Å²) < 4.78 is 0. The summed E-state index contributed by atoms with van der Waals surface area (Å²) in [4.78, 5) is 30.0. The number of carbonyl (C=O) groups excluding carboxylic acids is 1. The Hall–Kier alpha value is -1.88. The smallest absolute Gasteiger partial charge is 0.261 e. The molecule has 5 heteroatoms.